The van der Waals surface area contributed by atoms with Crippen LogP contribution in [-0.4, -0.2) is 27.2 Å². The lowest BCUT2D eigenvalue weighted by molar-refractivity contribution is 0.713. The minimum atomic E-state index is 0.824. The average Bonchev–Trinajstić information content (AvgIpc) is 2.22. The lowest BCUT2D eigenvalue weighted by Gasteiger charge is -2.21. The van der Waals surface area contributed by atoms with Gasteiger partial charge in [-0.1, -0.05) is 15.9 Å². The SMILES string of the molecule is CNCCCN(C)c1cc(Br)ccc1N. The third-order valence-electron chi connectivity index (χ3n) is 2.32. The van der Waals surface area contributed by atoms with E-state index in [1.54, 1.807) is 0 Å². The molecule has 0 heterocycles. The summed E-state index contributed by atoms with van der Waals surface area (Å²) in [6.45, 7) is 2.03. The standard InChI is InChI=1S/C11H18BrN3/c1-14-6-3-7-15(2)11-8-9(12)4-5-10(11)13/h4-5,8,14H,3,6-7,13H2,1-2H3. The highest BCUT2D eigenvalue weighted by Gasteiger charge is 2.05. The highest BCUT2D eigenvalue weighted by molar-refractivity contribution is 9.10. The maximum absolute atomic E-state index is 5.92. The Morgan fingerprint density at radius 1 is 1.47 bits per heavy atom. The second-order valence-electron chi connectivity index (χ2n) is 3.58. The number of nitrogens with one attached hydrogen (secondary N) is 1. The Kier molecular flexibility index (Phi) is 4.91. The highest BCUT2D eigenvalue weighted by Crippen LogP contribution is 2.26. The summed E-state index contributed by atoms with van der Waals surface area (Å²) in [6, 6.07) is 5.93. The molecule has 0 spiro atoms. The summed E-state index contributed by atoms with van der Waals surface area (Å²) < 4.78 is 1.06. The van der Waals surface area contributed by atoms with Crippen LogP contribution in [0, 0.1) is 0 Å². The van der Waals surface area contributed by atoms with E-state index in [2.05, 4.69) is 39.3 Å². The fraction of sp³-hybridized carbons (Fsp3) is 0.455. The van der Waals surface area contributed by atoms with Crippen molar-refractivity contribution in [2.45, 2.75) is 6.42 Å². The van der Waals surface area contributed by atoms with Crippen molar-refractivity contribution < 1.29 is 0 Å². The Balaban J connectivity index is 2.64. The third-order valence-corrected chi connectivity index (χ3v) is 2.82. The zero-order chi connectivity index (χ0) is 11.3. The number of halogens is 1. The van der Waals surface area contributed by atoms with Crippen LogP contribution < -0.4 is 16.0 Å². The van der Waals surface area contributed by atoms with Crippen molar-refractivity contribution in [3.8, 4) is 0 Å². The van der Waals surface area contributed by atoms with Crippen molar-refractivity contribution in [1.29, 1.82) is 0 Å². The largest absolute Gasteiger partial charge is 0.397 e. The van der Waals surface area contributed by atoms with Crippen LogP contribution in [0.25, 0.3) is 0 Å². The van der Waals surface area contributed by atoms with E-state index in [0.29, 0.717) is 0 Å². The van der Waals surface area contributed by atoms with E-state index in [-0.39, 0.29) is 0 Å². The normalized spacial score (nSPS) is 10.3. The van der Waals surface area contributed by atoms with Crippen LogP contribution in [0.15, 0.2) is 22.7 Å². The molecule has 0 aliphatic rings. The topological polar surface area (TPSA) is 41.3 Å². The molecule has 0 amide bonds. The average molecular weight is 272 g/mol. The molecule has 0 aliphatic carbocycles. The first-order valence-corrected chi connectivity index (χ1v) is 5.85. The Labute approximate surface area is 99.8 Å². The van der Waals surface area contributed by atoms with Gasteiger partial charge in [0, 0.05) is 18.1 Å². The number of anilines is 2. The zero-order valence-corrected chi connectivity index (χ0v) is 10.8. The first kappa shape index (κ1) is 12.3. The summed E-state index contributed by atoms with van der Waals surface area (Å²) in [5.74, 6) is 0. The van der Waals surface area contributed by atoms with Crippen molar-refractivity contribution in [1.82, 2.24) is 5.32 Å². The maximum atomic E-state index is 5.92. The molecule has 4 heteroatoms. The number of rotatable bonds is 5. The van der Waals surface area contributed by atoms with Crippen LogP contribution in [0.5, 0.6) is 0 Å². The molecule has 3 N–H and O–H groups in total. The van der Waals surface area contributed by atoms with Gasteiger partial charge in [-0.3, -0.25) is 0 Å². The Morgan fingerprint density at radius 3 is 2.87 bits per heavy atom. The number of benzene rings is 1. The zero-order valence-electron chi connectivity index (χ0n) is 9.26. The molecule has 0 aliphatic heterocycles. The van der Waals surface area contributed by atoms with Gasteiger partial charge >= 0.3 is 0 Å². The van der Waals surface area contributed by atoms with Gasteiger partial charge in [-0.25, -0.2) is 0 Å². The molecule has 0 aromatic heterocycles. The van der Waals surface area contributed by atoms with Crippen molar-refractivity contribution in [3.05, 3.63) is 22.7 Å². The summed E-state index contributed by atoms with van der Waals surface area (Å²) >= 11 is 3.45. The third kappa shape index (κ3) is 3.72. The van der Waals surface area contributed by atoms with Crippen LogP contribution in [0.3, 0.4) is 0 Å². The van der Waals surface area contributed by atoms with E-state index in [1.807, 2.05) is 19.2 Å². The number of nitrogens with zero attached hydrogens (tertiary/aromatic N) is 1. The van der Waals surface area contributed by atoms with Gasteiger partial charge in [0.1, 0.15) is 0 Å². The van der Waals surface area contributed by atoms with E-state index in [0.717, 1.165) is 35.4 Å². The molecular formula is C11H18BrN3. The smallest absolute Gasteiger partial charge is 0.0608 e. The minimum Gasteiger partial charge on any atom is -0.397 e. The van der Waals surface area contributed by atoms with Gasteiger partial charge < -0.3 is 16.0 Å². The summed E-state index contributed by atoms with van der Waals surface area (Å²) in [5, 5.41) is 3.13. The van der Waals surface area contributed by atoms with Crippen molar-refractivity contribution in [2.75, 3.05) is 37.8 Å². The van der Waals surface area contributed by atoms with Gasteiger partial charge in [0.15, 0.2) is 0 Å². The van der Waals surface area contributed by atoms with Crippen LogP contribution in [0.2, 0.25) is 0 Å². The van der Waals surface area contributed by atoms with Gasteiger partial charge in [0.05, 0.1) is 11.4 Å². The molecule has 0 unspecified atom stereocenters. The summed E-state index contributed by atoms with van der Waals surface area (Å²) in [7, 11) is 4.03. The molecule has 1 aromatic rings. The van der Waals surface area contributed by atoms with Crippen LogP contribution >= 0.6 is 15.9 Å². The number of hydrogen-bond donors (Lipinski definition) is 2. The van der Waals surface area contributed by atoms with E-state index >= 15 is 0 Å². The quantitative estimate of drug-likeness (QED) is 0.637. The monoisotopic (exact) mass is 271 g/mol. The first-order chi connectivity index (χ1) is 7.15. The predicted octanol–water partition coefficient (Wildman–Crippen LogP) is 2.08. The summed E-state index contributed by atoms with van der Waals surface area (Å²) in [4.78, 5) is 2.18. The Morgan fingerprint density at radius 2 is 2.20 bits per heavy atom. The molecule has 84 valence electrons. The fourth-order valence-electron chi connectivity index (χ4n) is 1.46. The maximum Gasteiger partial charge on any atom is 0.0608 e. The molecule has 0 radical (unpaired) electrons. The molecular weight excluding hydrogens is 254 g/mol. The number of nitrogen functional groups attached to an aromatic ring is 1. The van der Waals surface area contributed by atoms with Crippen LogP contribution in [0.1, 0.15) is 6.42 Å². The van der Waals surface area contributed by atoms with Gasteiger partial charge in [-0.2, -0.15) is 0 Å². The summed E-state index contributed by atoms with van der Waals surface area (Å²) in [6.07, 6.45) is 1.11. The van der Waals surface area contributed by atoms with Crippen molar-refractivity contribution in [2.24, 2.45) is 0 Å². The van der Waals surface area contributed by atoms with Crippen LogP contribution in [0.4, 0.5) is 11.4 Å². The molecule has 3 nitrogen and oxygen atoms in total. The van der Waals surface area contributed by atoms with Gasteiger partial charge in [-0.15, -0.1) is 0 Å². The van der Waals surface area contributed by atoms with E-state index in [4.69, 9.17) is 5.73 Å². The predicted molar refractivity (Wildman–Crippen MR) is 70.4 cm³/mol. The highest BCUT2D eigenvalue weighted by atomic mass is 79.9. The van der Waals surface area contributed by atoms with Crippen molar-refractivity contribution in [3.63, 3.8) is 0 Å². The van der Waals surface area contributed by atoms with Gasteiger partial charge in [0.25, 0.3) is 0 Å². The summed E-state index contributed by atoms with van der Waals surface area (Å²) in [5.41, 5.74) is 7.82. The first-order valence-electron chi connectivity index (χ1n) is 5.06. The molecule has 0 fully saturated rings. The Bertz CT molecular complexity index is 315. The molecule has 0 bridgehead atoms. The lowest BCUT2D eigenvalue weighted by atomic mass is 10.2. The van der Waals surface area contributed by atoms with Crippen molar-refractivity contribution >= 4 is 27.3 Å². The second-order valence-corrected chi connectivity index (χ2v) is 4.50. The van der Waals surface area contributed by atoms with E-state index in [1.165, 1.54) is 0 Å². The Hall–Kier alpha value is -0.740. The molecule has 15 heavy (non-hydrogen) atoms. The fourth-order valence-corrected chi connectivity index (χ4v) is 1.81. The lowest BCUT2D eigenvalue weighted by Crippen LogP contribution is -2.23. The van der Waals surface area contributed by atoms with Gasteiger partial charge in [0.2, 0.25) is 0 Å². The molecule has 1 rings (SSSR count). The second kappa shape index (κ2) is 5.98. The van der Waals surface area contributed by atoms with E-state index < -0.39 is 0 Å². The van der Waals surface area contributed by atoms with E-state index in [9.17, 15) is 0 Å². The molecule has 0 atom stereocenters. The number of hydrogen-bond acceptors (Lipinski definition) is 3. The minimum absolute atomic E-state index is 0.824. The molecule has 0 saturated heterocycles. The van der Waals surface area contributed by atoms with Crippen LogP contribution in [-0.2, 0) is 0 Å². The molecule has 1 aromatic carbocycles. The molecule has 0 saturated carbocycles. The van der Waals surface area contributed by atoms with Gasteiger partial charge in [-0.05, 0) is 38.2 Å². The number of nitrogens with two attached hydrogens (primary N) is 1.